The molecular weight excluding hydrogens is 572 g/mol. The van der Waals surface area contributed by atoms with Gasteiger partial charge in [0.25, 0.3) is 0 Å². The van der Waals surface area contributed by atoms with Gasteiger partial charge in [-0.2, -0.15) is 0 Å². The van der Waals surface area contributed by atoms with Crippen molar-refractivity contribution in [1.82, 2.24) is 4.90 Å². The Morgan fingerprint density at radius 2 is 1.50 bits per heavy atom. The number of likely N-dealkylation sites (tertiary alicyclic amines) is 1. The largest absolute Gasteiger partial charge is 0.497 e. The van der Waals surface area contributed by atoms with E-state index in [1.165, 1.54) is 0 Å². The fraction of sp³-hybridized carbons (Fsp3) is 0.500. The maximum Gasteiger partial charge on any atom is 0.336 e. The number of aliphatic hydroxyl groups is 1. The van der Waals surface area contributed by atoms with Gasteiger partial charge in [-0.1, -0.05) is 31.5 Å². The van der Waals surface area contributed by atoms with E-state index in [2.05, 4.69) is 9.48 Å². The highest BCUT2D eigenvalue weighted by Gasteiger charge is 2.59. The molecule has 0 amide bonds. The molecule has 1 aliphatic rings. The maximum atomic E-state index is 12.9. The van der Waals surface area contributed by atoms with Crippen LogP contribution in [-0.4, -0.2) is 91.9 Å². The van der Waals surface area contributed by atoms with E-state index in [9.17, 15) is 29.2 Å². The Morgan fingerprint density at radius 1 is 0.952 bits per heavy atom. The highest BCUT2D eigenvalue weighted by Crippen LogP contribution is 2.54. The number of carbonyl (C=O) groups is 4. The Labute approximate surface area is 246 Å². The van der Waals surface area contributed by atoms with Gasteiger partial charge >= 0.3 is 23.9 Å². The van der Waals surface area contributed by atoms with Gasteiger partial charge in [-0.15, -0.1) is 4.91 Å². The normalized spacial score (nSPS) is 16.4. The van der Waals surface area contributed by atoms with E-state index in [4.69, 9.17) is 25.2 Å². The number of carboxylic acid groups (broad SMARTS) is 4. The Bertz CT molecular complexity index is 1290. The lowest BCUT2D eigenvalue weighted by Gasteiger charge is -2.49. The minimum Gasteiger partial charge on any atom is -0.497 e. The van der Waals surface area contributed by atoms with Crippen LogP contribution in [0.1, 0.15) is 51.0 Å². The van der Waals surface area contributed by atoms with E-state index in [1.807, 2.05) is 50.4 Å². The van der Waals surface area contributed by atoms with Gasteiger partial charge in [0, 0.05) is 16.5 Å². The van der Waals surface area contributed by atoms with Gasteiger partial charge in [-0.05, 0) is 73.9 Å². The molecule has 1 fully saturated rings. The summed E-state index contributed by atoms with van der Waals surface area (Å²) in [6.45, 7) is 3.48. The number of hydrogen-bond donors (Lipinski definition) is 5. The molecule has 2 aromatic carbocycles. The third-order valence-corrected chi connectivity index (χ3v) is 8.78. The number of methoxy groups -OCH3 is 1. The number of hydrogen-bond acceptors (Lipinski definition) is 10. The molecule has 0 aromatic heterocycles. The third kappa shape index (κ3) is 7.55. The summed E-state index contributed by atoms with van der Waals surface area (Å²) in [5.41, 5.74) is -3.18. The van der Waals surface area contributed by atoms with Gasteiger partial charge in [0.1, 0.15) is 11.2 Å². The topological polar surface area (TPSA) is 211 Å². The average molecular weight is 609 g/mol. The minimum atomic E-state index is -2.74. The van der Waals surface area contributed by atoms with Gasteiger partial charge in [-0.25, -0.2) is 4.79 Å². The number of benzene rings is 2. The minimum absolute atomic E-state index is 0.455. The second-order valence-electron chi connectivity index (χ2n) is 10.3. The highest BCUT2D eigenvalue weighted by molar-refractivity contribution is 7.99. The van der Waals surface area contributed by atoms with Crippen molar-refractivity contribution in [2.75, 3.05) is 27.2 Å². The number of rotatable bonds is 13. The van der Waals surface area contributed by atoms with Crippen molar-refractivity contribution in [3.05, 3.63) is 46.9 Å². The molecule has 0 unspecified atom stereocenters. The zero-order chi connectivity index (χ0) is 31.7. The molecule has 0 radical (unpaired) electrons. The summed E-state index contributed by atoms with van der Waals surface area (Å²) in [6.07, 6.45) is 0.0726. The number of fused-ring (bicyclic) bond motifs is 1. The average Bonchev–Trinajstić information content (AvgIpc) is 2.92. The molecular formula is C28H36N2O11S. The lowest BCUT2D eigenvalue weighted by Crippen LogP contribution is -2.58. The monoisotopic (exact) mass is 608 g/mol. The zero-order valence-corrected chi connectivity index (χ0v) is 24.4. The van der Waals surface area contributed by atoms with Gasteiger partial charge in [0.15, 0.2) is 5.60 Å². The summed E-state index contributed by atoms with van der Waals surface area (Å²) in [4.78, 5) is 57.0. The summed E-state index contributed by atoms with van der Waals surface area (Å²) >= 11 is 0.925. The predicted octanol–water partition coefficient (Wildman–Crippen LogP) is 3.60. The SMILES string of the molecule is CCC[C@@](C(=O)O)(c1ccc2cc(OC)ccc2c1)C1(SN=O)CCN(C)CC1.O=C(O)CC(O)(CC(=O)O)C(=O)O. The number of aliphatic carboxylic acids is 4. The first kappa shape index (κ1) is 34.5. The number of nitrogens with zero attached hydrogens (tertiary/aromatic N) is 2. The van der Waals surface area contributed by atoms with Crippen LogP contribution in [0, 0.1) is 4.91 Å². The van der Waals surface area contributed by atoms with Crippen LogP contribution in [0.2, 0.25) is 0 Å². The van der Waals surface area contributed by atoms with Crippen molar-refractivity contribution in [2.24, 2.45) is 4.58 Å². The zero-order valence-electron chi connectivity index (χ0n) is 23.6. The van der Waals surface area contributed by atoms with Gasteiger partial charge < -0.3 is 35.2 Å². The van der Waals surface area contributed by atoms with Crippen molar-refractivity contribution >= 4 is 46.6 Å². The molecule has 14 heteroatoms. The first-order chi connectivity index (χ1) is 19.7. The van der Waals surface area contributed by atoms with Crippen LogP contribution in [0.15, 0.2) is 41.0 Å². The van der Waals surface area contributed by atoms with Crippen molar-refractivity contribution in [2.45, 2.75) is 61.2 Å². The molecule has 3 rings (SSSR count). The molecule has 42 heavy (non-hydrogen) atoms. The van der Waals surface area contributed by atoms with Crippen molar-refractivity contribution in [1.29, 1.82) is 0 Å². The summed E-state index contributed by atoms with van der Waals surface area (Å²) in [6, 6.07) is 11.6. The highest BCUT2D eigenvalue weighted by atomic mass is 32.2. The Hall–Kier alpha value is -3.75. The number of nitroso groups, excluding NO2 is 1. The van der Waals surface area contributed by atoms with Crippen molar-refractivity contribution in [3.8, 4) is 5.75 Å². The molecule has 0 aliphatic carbocycles. The van der Waals surface area contributed by atoms with E-state index in [-0.39, 0.29) is 0 Å². The van der Waals surface area contributed by atoms with E-state index < -0.39 is 52.5 Å². The lowest BCUT2D eigenvalue weighted by molar-refractivity contribution is -0.170. The van der Waals surface area contributed by atoms with Crippen LogP contribution in [-0.2, 0) is 24.6 Å². The number of ether oxygens (including phenoxy) is 1. The summed E-state index contributed by atoms with van der Waals surface area (Å²) < 4.78 is 7.69. The van der Waals surface area contributed by atoms with Crippen LogP contribution >= 0.6 is 11.9 Å². The van der Waals surface area contributed by atoms with Crippen LogP contribution in [0.25, 0.3) is 10.8 Å². The van der Waals surface area contributed by atoms with E-state index in [0.29, 0.717) is 25.7 Å². The smallest absolute Gasteiger partial charge is 0.336 e. The molecule has 1 atom stereocenters. The second kappa shape index (κ2) is 14.4. The summed E-state index contributed by atoms with van der Waals surface area (Å²) in [7, 11) is 3.65. The predicted molar refractivity (Wildman–Crippen MR) is 155 cm³/mol. The van der Waals surface area contributed by atoms with Gasteiger partial charge in [-0.3, -0.25) is 14.4 Å². The Morgan fingerprint density at radius 3 is 1.95 bits per heavy atom. The Balaban J connectivity index is 0.000000401. The molecule has 2 aromatic rings. The second-order valence-corrected chi connectivity index (χ2v) is 11.4. The number of carboxylic acids is 4. The van der Waals surface area contributed by atoms with Gasteiger partial charge in [0.05, 0.1) is 24.7 Å². The molecule has 0 spiro atoms. The number of piperidine rings is 1. The molecule has 0 bridgehead atoms. The molecule has 1 aliphatic heterocycles. The van der Waals surface area contributed by atoms with E-state index in [1.54, 1.807) is 7.11 Å². The first-order valence-electron chi connectivity index (χ1n) is 13.1. The molecule has 1 heterocycles. The Kier molecular flexibility index (Phi) is 11.8. The maximum absolute atomic E-state index is 12.9. The quantitative estimate of drug-likeness (QED) is 0.163. The molecule has 5 N–H and O–H groups in total. The summed E-state index contributed by atoms with van der Waals surface area (Å²) in [5.74, 6) is -5.14. The van der Waals surface area contributed by atoms with E-state index in [0.717, 1.165) is 47.1 Å². The van der Waals surface area contributed by atoms with Crippen molar-refractivity contribution in [3.63, 3.8) is 0 Å². The standard InChI is InChI=1S/C22H28N2O4S.C6H8O7/c1-4-9-22(20(25)26,21(29-23-27)10-12-24(2)13-11-21)18-7-5-17-15-19(28-3)8-6-16(17)14-18;7-3(8)1-6(13,5(11)12)2-4(9)10/h5-8,14-15H,4,9-13H2,1-3H3,(H,25,26);13H,1-2H2,(H,7,8)(H,9,10)(H,11,12)/t22-;/m0./s1. The fourth-order valence-electron chi connectivity index (χ4n) is 5.41. The van der Waals surface area contributed by atoms with Crippen LogP contribution in [0.5, 0.6) is 5.75 Å². The molecule has 0 saturated carbocycles. The molecule has 13 nitrogen and oxygen atoms in total. The molecule has 1 saturated heterocycles. The first-order valence-corrected chi connectivity index (χ1v) is 13.9. The lowest BCUT2D eigenvalue weighted by atomic mass is 9.63. The summed E-state index contributed by atoms with van der Waals surface area (Å²) in [5, 5.41) is 46.3. The third-order valence-electron chi connectivity index (χ3n) is 7.60. The fourth-order valence-corrected chi connectivity index (χ4v) is 6.38. The molecule has 230 valence electrons. The van der Waals surface area contributed by atoms with Gasteiger partial charge in [0.2, 0.25) is 0 Å². The van der Waals surface area contributed by atoms with Crippen LogP contribution < -0.4 is 4.74 Å². The van der Waals surface area contributed by atoms with Crippen LogP contribution in [0.3, 0.4) is 0 Å². The van der Waals surface area contributed by atoms with Crippen molar-refractivity contribution < 1.29 is 49.4 Å². The van der Waals surface area contributed by atoms with E-state index >= 15 is 0 Å². The van der Waals surface area contributed by atoms with Crippen LogP contribution in [0.4, 0.5) is 0 Å².